The molecule has 10 heavy (non-hydrogen) atoms. The number of ether oxygens (including phenoxy) is 1. The Bertz CT molecular complexity index is 403. The molecule has 0 aromatic heterocycles. The van der Waals surface area contributed by atoms with Crippen molar-refractivity contribution in [3.8, 4) is 5.75 Å². The van der Waals surface area contributed by atoms with E-state index in [2.05, 4.69) is 20.7 Å². The van der Waals surface area contributed by atoms with Gasteiger partial charge in [0.15, 0.2) is 0 Å². The smallest absolute Gasteiger partial charge is 0.134 e. The Labute approximate surface area is 81.5 Å². The second kappa shape index (κ2) is 3.26. The fourth-order valence-electron chi connectivity index (χ4n) is 0.423. The van der Waals surface area contributed by atoms with Crippen LogP contribution in [0, 0.1) is 0 Å². The highest BCUT2D eigenvalue weighted by atomic mass is 79.9. The third kappa shape index (κ3) is 1.64. The Morgan fingerprint density at radius 3 is 3.30 bits per heavy atom. The van der Waals surface area contributed by atoms with Gasteiger partial charge in [-0.3, -0.25) is 0 Å². The average molecular weight is 228 g/mol. The van der Waals surface area contributed by atoms with Crippen molar-refractivity contribution in [2.24, 2.45) is 0 Å². The van der Waals surface area contributed by atoms with Gasteiger partial charge in [-0.2, -0.15) is 0 Å². The normalized spacial score (nSPS) is 19.4. The minimum atomic E-state index is -2.74. The predicted molar refractivity (Wildman–Crippen MR) is 45.7 cm³/mol. The van der Waals surface area contributed by atoms with Crippen LogP contribution in [0.4, 0.5) is 0 Å². The van der Waals surface area contributed by atoms with Gasteiger partial charge in [0.25, 0.3) is 0 Å². The number of hydrogen-bond acceptors (Lipinski definition) is 1. The van der Waals surface area contributed by atoms with Gasteiger partial charge < -0.3 is 4.74 Å². The second-order valence-electron chi connectivity index (χ2n) is 1.43. The van der Waals surface area contributed by atoms with Crippen molar-refractivity contribution in [3.63, 3.8) is 0 Å². The summed E-state index contributed by atoms with van der Waals surface area (Å²) in [6.07, 6.45) is 0. The summed E-state index contributed by atoms with van der Waals surface area (Å²) in [4.78, 5) is 0. The van der Waals surface area contributed by atoms with Gasteiger partial charge in [-0.05, 0) is 34.1 Å². The lowest BCUT2D eigenvalue weighted by Gasteiger charge is -2.01. The van der Waals surface area contributed by atoms with Gasteiger partial charge >= 0.3 is 0 Å². The minimum absolute atomic E-state index is 0.0666. The van der Waals surface area contributed by atoms with Crippen molar-refractivity contribution in [3.05, 3.63) is 27.6 Å². The summed E-state index contributed by atoms with van der Waals surface area (Å²) in [7, 11) is -2.74. The van der Waals surface area contributed by atoms with Gasteiger partial charge in [-0.15, -0.1) is 0 Å². The molecule has 0 spiro atoms. The summed E-state index contributed by atoms with van der Waals surface area (Å²) >= 11 is 8.52. The van der Waals surface area contributed by atoms with E-state index in [1.165, 1.54) is 0 Å². The highest BCUT2D eigenvalue weighted by Gasteiger charge is 1.97. The summed E-state index contributed by atoms with van der Waals surface area (Å²) in [6, 6.07) is -1.10. The lowest BCUT2D eigenvalue weighted by atomic mass is 10.3. The first-order chi connectivity index (χ1) is 7.15. The van der Waals surface area contributed by atoms with Gasteiger partial charge in [0.05, 0.1) is 19.7 Å². The molecule has 0 heterocycles. The first kappa shape index (κ1) is 3.03. The van der Waals surface area contributed by atoms with Gasteiger partial charge in [0.1, 0.15) is 5.75 Å². The molecule has 0 unspecified atom stereocenters. The maximum absolute atomic E-state index is 7.51. The monoisotopic (exact) mass is 226 g/mol. The molecule has 54 valence electrons. The molecule has 0 aliphatic rings. The molecule has 0 saturated carbocycles. The molecule has 1 aromatic carbocycles. The highest BCUT2D eigenvalue weighted by Crippen LogP contribution is 2.27. The summed E-state index contributed by atoms with van der Waals surface area (Å²) < 4.78 is 47.6. The fraction of sp³-hybridized carbons (Fsp3) is 0.143. The predicted octanol–water partition coefficient (Wildman–Crippen LogP) is 3.11. The van der Waals surface area contributed by atoms with E-state index in [1.807, 2.05) is 0 Å². The van der Waals surface area contributed by atoms with E-state index in [9.17, 15) is 0 Å². The van der Waals surface area contributed by atoms with Crippen LogP contribution in [0.15, 0.2) is 22.6 Å². The number of halogens is 2. The van der Waals surface area contributed by atoms with E-state index in [0.717, 1.165) is 0 Å². The zero-order chi connectivity index (χ0) is 12.7. The lowest BCUT2D eigenvalue weighted by molar-refractivity contribution is 0.412. The van der Waals surface area contributed by atoms with Gasteiger partial charge in [0.2, 0.25) is 0 Å². The molecule has 0 aliphatic heterocycles. The fourth-order valence-corrected chi connectivity index (χ4v) is 0.835. The third-order valence-corrected chi connectivity index (χ3v) is 1.55. The van der Waals surface area contributed by atoms with Crippen LogP contribution in [-0.4, -0.2) is 7.04 Å². The van der Waals surface area contributed by atoms with Gasteiger partial charge in [-0.1, -0.05) is 11.6 Å². The van der Waals surface area contributed by atoms with Crippen molar-refractivity contribution < 1.29 is 13.0 Å². The van der Waals surface area contributed by atoms with Crippen LogP contribution < -0.4 is 4.74 Å². The standard InChI is InChI=1S/C7H6BrClO/c1-10-7-4-5(9)2-3-6(7)8/h2-4H,1H3/i1D3,2D,3D,4D. The van der Waals surface area contributed by atoms with E-state index < -0.39 is 13.1 Å². The molecule has 0 radical (unpaired) electrons. The maximum Gasteiger partial charge on any atom is 0.134 e. The van der Waals surface area contributed by atoms with E-state index >= 15 is 0 Å². The lowest BCUT2D eigenvalue weighted by Crippen LogP contribution is -1.82. The molecule has 1 aromatic rings. The van der Waals surface area contributed by atoms with Crippen molar-refractivity contribution in [1.29, 1.82) is 0 Å². The first-order valence-electron chi connectivity index (χ1n) is 5.29. The van der Waals surface area contributed by atoms with Crippen LogP contribution in [0.25, 0.3) is 0 Å². The van der Waals surface area contributed by atoms with Crippen LogP contribution in [0.5, 0.6) is 5.75 Å². The molecule has 0 bridgehead atoms. The SMILES string of the molecule is [2H]c1c([2H])c(Br)c(OC([2H])([2H])[2H])c([2H])c1Cl. The average Bonchev–Trinajstić information content (AvgIpc) is 2.17. The van der Waals surface area contributed by atoms with Crippen LogP contribution in [0.3, 0.4) is 0 Å². The third-order valence-electron chi connectivity index (χ3n) is 0.807. The van der Waals surface area contributed by atoms with Crippen LogP contribution in [0.1, 0.15) is 8.22 Å². The first-order valence-corrected chi connectivity index (χ1v) is 3.46. The van der Waals surface area contributed by atoms with Crippen molar-refractivity contribution >= 4 is 27.5 Å². The molecule has 0 saturated heterocycles. The van der Waals surface area contributed by atoms with E-state index in [4.69, 9.17) is 19.8 Å². The Balaban J connectivity index is 3.40. The molecule has 1 nitrogen and oxygen atoms in total. The quantitative estimate of drug-likeness (QED) is 0.716. The summed E-state index contributed by atoms with van der Waals surface area (Å²) in [5.74, 6) is -0.356. The summed E-state index contributed by atoms with van der Waals surface area (Å²) in [5.41, 5.74) is 0. The Hall–Kier alpha value is -0.210. The molecule has 0 fully saturated rings. The Morgan fingerprint density at radius 2 is 2.60 bits per heavy atom. The molecular formula is C7H6BrClO. The molecule has 0 N–H and O–H groups in total. The van der Waals surface area contributed by atoms with Gasteiger partial charge in [-0.25, -0.2) is 0 Å². The molecule has 1 rings (SSSR count). The zero-order valence-electron chi connectivity index (χ0n) is 10.7. The van der Waals surface area contributed by atoms with Crippen LogP contribution in [-0.2, 0) is 0 Å². The van der Waals surface area contributed by atoms with E-state index in [1.54, 1.807) is 0 Å². The number of hydrogen-bond donors (Lipinski definition) is 0. The molecule has 0 aliphatic carbocycles. The van der Waals surface area contributed by atoms with Crippen LogP contribution >= 0.6 is 27.5 Å². The Kier molecular flexibility index (Phi) is 0.989. The number of methoxy groups -OCH3 is 1. The summed E-state index contributed by atoms with van der Waals surface area (Å²) in [6.45, 7) is 0. The summed E-state index contributed by atoms with van der Waals surface area (Å²) in [5, 5.41) is -0.313. The molecular weight excluding hydrogens is 215 g/mol. The van der Waals surface area contributed by atoms with Gasteiger partial charge in [0, 0.05) is 5.02 Å². The minimum Gasteiger partial charge on any atom is -0.496 e. The van der Waals surface area contributed by atoms with E-state index in [0.29, 0.717) is 0 Å². The van der Waals surface area contributed by atoms with Crippen molar-refractivity contribution in [2.75, 3.05) is 7.04 Å². The highest BCUT2D eigenvalue weighted by molar-refractivity contribution is 9.10. The topological polar surface area (TPSA) is 9.23 Å². The molecule has 0 amide bonds. The zero-order valence-corrected chi connectivity index (χ0v) is 7.01. The largest absolute Gasteiger partial charge is 0.496 e. The van der Waals surface area contributed by atoms with Crippen LogP contribution in [0.2, 0.25) is 5.02 Å². The second-order valence-corrected chi connectivity index (χ2v) is 2.61. The van der Waals surface area contributed by atoms with E-state index in [-0.39, 0.29) is 27.3 Å². The molecule has 0 atom stereocenters. The molecule has 3 heteroatoms. The van der Waals surface area contributed by atoms with Crippen molar-refractivity contribution in [2.45, 2.75) is 0 Å². The maximum atomic E-state index is 7.51. The Morgan fingerprint density at radius 1 is 1.80 bits per heavy atom. The number of rotatable bonds is 1. The van der Waals surface area contributed by atoms with Crippen molar-refractivity contribution in [1.82, 2.24) is 0 Å². The number of benzene rings is 1.